The molecule has 1 unspecified atom stereocenters. The zero-order valence-corrected chi connectivity index (χ0v) is 54.4. The summed E-state index contributed by atoms with van der Waals surface area (Å²) in [7, 11) is 0. The number of ether oxygens (including phenoxy) is 3. The number of hydrogen-bond donors (Lipinski definition) is 0. The Morgan fingerprint density at radius 3 is 0.759 bits per heavy atom. The number of carbonyl (C=O) groups excluding carboxylic acids is 3. The molecule has 0 rings (SSSR count). The van der Waals surface area contributed by atoms with E-state index in [1.807, 2.05) is 0 Å². The molecule has 0 aromatic carbocycles. The summed E-state index contributed by atoms with van der Waals surface area (Å²) < 4.78 is 17.0. The maximum absolute atomic E-state index is 12.9. The predicted octanol–water partition coefficient (Wildman–Crippen LogP) is 24.3. The van der Waals surface area contributed by atoms with E-state index in [1.54, 1.807) is 0 Å². The van der Waals surface area contributed by atoms with Gasteiger partial charge in [0.05, 0.1) is 0 Å². The van der Waals surface area contributed by atoms with Crippen molar-refractivity contribution in [1.82, 2.24) is 0 Å². The summed E-state index contributed by atoms with van der Waals surface area (Å²) in [6.07, 6.45) is 97.8. The molecule has 0 bridgehead atoms. The maximum Gasteiger partial charge on any atom is 0.306 e. The Morgan fingerprint density at radius 1 is 0.253 bits per heavy atom. The van der Waals surface area contributed by atoms with Gasteiger partial charge < -0.3 is 14.2 Å². The summed E-state index contributed by atoms with van der Waals surface area (Å²) >= 11 is 0. The first-order valence-corrected chi connectivity index (χ1v) is 35.0. The van der Waals surface area contributed by atoms with Crippen LogP contribution in [0.2, 0.25) is 0 Å². The quantitative estimate of drug-likeness (QED) is 0.0261. The third-order valence-electron chi connectivity index (χ3n) is 15.0. The van der Waals surface area contributed by atoms with Crippen LogP contribution >= 0.6 is 0 Å². The highest BCUT2D eigenvalue weighted by Crippen LogP contribution is 2.17. The Labute approximate surface area is 513 Å². The van der Waals surface area contributed by atoms with Crippen molar-refractivity contribution in [1.29, 1.82) is 0 Å². The van der Waals surface area contributed by atoms with Crippen LogP contribution in [0.3, 0.4) is 0 Å². The van der Waals surface area contributed by atoms with Crippen molar-refractivity contribution in [2.45, 2.75) is 335 Å². The Bertz CT molecular complexity index is 1700. The molecule has 0 aliphatic heterocycles. The van der Waals surface area contributed by atoms with Gasteiger partial charge in [-0.3, -0.25) is 14.4 Å². The summed E-state index contributed by atoms with van der Waals surface area (Å²) in [5.41, 5.74) is 0. The summed E-state index contributed by atoms with van der Waals surface area (Å²) in [5, 5.41) is 0. The number of unbranched alkanes of at least 4 members (excludes halogenated alkanes) is 32. The fourth-order valence-electron chi connectivity index (χ4n) is 9.73. The third kappa shape index (κ3) is 68.5. The minimum absolute atomic E-state index is 0.0879. The van der Waals surface area contributed by atoms with Crippen LogP contribution < -0.4 is 0 Å². The van der Waals surface area contributed by atoms with Gasteiger partial charge in [0.2, 0.25) is 0 Å². The van der Waals surface area contributed by atoms with E-state index in [9.17, 15) is 14.4 Å². The second-order valence-corrected chi connectivity index (χ2v) is 23.1. The van der Waals surface area contributed by atoms with Gasteiger partial charge in [-0.2, -0.15) is 0 Å². The van der Waals surface area contributed by atoms with Crippen LogP contribution in [0, 0.1) is 0 Å². The second kappa shape index (κ2) is 70.3. The smallest absolute Gasteiger partial charge is 0.306 e. The summed E-state index contributed by atoms with van der Waals surface area (Å²) in [5.74, 6) is -0.912. The highest BCUT2D eigenvalue weighted by Gasteiger charge is 2.19. The van der Waals surface area contributed by atoms with Gasteiger partial charge in [-0.25, -0.2) is 0 Å². The van der Waals surface area contributed by atoms with Crippen molar-refractivity contribution in [2.24, 2.45) is 0 Å². The van der Waals surface area contributed by atoms with E-state index in [4.69, 9.17) is 14.2 Å². The molecule has 0 spiro atoms. The molecule has 6 heteroatoms. The van der Waals surface area contributed by atoms with Gasteiger partial charge in [-0.15, -0.1) is 0 Å². The van der Waals surface area contributed by atoms with Crippen molar-refractivity contribution in [3.05, 3.63) is 122 Å². The zero-order valence-electron chi connectivity index (χ0n) is 54.4. The van der Waals surface area contributed by atoms with Crippen LogP contribution in [-0.4, -0.2) is 37.2 Å². The first-order chi connectivity index (χ1) is 41.0. The SMILES string of the molecule is CC/C=C\C/C=C\C/C=C\C/C=C\C/C=C\C/C=C\C/C=C\C/C=C\C/C=C\CCCCCC(=O)OCC(COC(=O)CCCCCCCCCCCCCCCCC)OC(=O)CCCCCCCCCCC/C=C\CCCCCCCC. The van der Waals surface area contributed by atoms with Crippen LogP contribution in [-0.2, 0) is 28.6 Å². The monoisotopic (exact) mass is 1150 g/mol. The van der Waals surface area contributed by atoms with Crippen LogP contribution in [0.4, 0.5) is 0 Å². The van der Waals surface area contributed by atoms with Crippen LogP contribution in [0.5, 0.6) is 0 Å². The van der Waals surface area contributed by atoms with Gasteiger partial charge in [0.1, 0.15) is 13.2 Å². The molecule has 0 heterocycles. The first-order valence-electron chi connectivity index (χ1n) is 35.0. The highest BCUT2D eigenvalue weighted by molar-refractivity contribution is 5.71. The number of hydrogen-bond acceptors (Lipinski definition) is 6. The maximum atomic E-state index is 12.9. The molecule has 0 fully saturated rings. The first kappa shape index (κ1) is 78.8. The molecular weight excluding hydrogens is 1020 g/mol. The van der Waals surface area contributed by atoms with Crippen molar-refractivity contribution in [3.63, 3.8) is 0 Å². The molecule has 474 valence electrons. The van der Waals surface area contributed by atoms with Gasteiger partial charge in [0.25, 0.3) is 0 Å². The molecule has 0 aromatic rings. The van der Waals surface area contributed by atoms with Gasteiger partial charge in [-0.05, 0) is 116 Å². The second-order valence-electron chi connectivity index (χ2n) is 23.1. The molecule has 0 amide bonds. The highest BCUT2D eigenvalue weighted by atomic mass is 16.6. The summed E-state index contributed by atoms with van der Waals surface area (Å²) in [6.45, 7) is 6.53. The lowest BCUT2D eigenvalue weighted by Crippen LogP contribution is -2.30. The largest absolute Gasteiger partial charge is 0.462 e. The molecule has 83 heavy (non-hydrogen) atoms. The Hall–Kier alpha value is -4.19. The number of rotatable bonds is 63. The molecule has 0 N–H and O–H groups in total. The lowest BCUT2D eigenvalue weighted by molar-refractivity contribution is -0.167. The Balaban J connectivity index is 4.40. The van der Waals surface area contributed by atoms with E-state index >= 15 is 0 Å². The van der Waals surface area contributed by atoms with Gasteiger partial charge in [0.15, 0.2) is 6.10 Å². The third-order valence-corrected chi connectivity index (χ3v) is 15.0. The Kier molecular flexibility index (Phi) is 66.7. The lowest BCUT2D eigenvalue weighted by Gasteiger charge is -2.18. The lowest BCUT2D eigenvalue weighted by atomic mass is 10.0. The van der Waals surface area contributed by atoms with Crippen LogP contribution in [0.1, 0.15) is 329 Å². The fraction of sp³-hybridized carbons (Fsp3) is 0.701. The van der Waals surface area contributed by atoms with E-state index in [0.29, 0.717) is 19.3 Å². The van der Waals surface area contributed by atoms with Crippen molar-refractivity contribution >= 4 is 17.9 Å². The van der Waals surface area contributed by atoms with E-state index in [2.05, 4.69) is 142 Å². The zero-order chi connectivity index (χ0) is 59.9. The summed E-state index contributed by atoms with van der Waals surface area (Å²) in [4.78, 5) is 38.4. The topological polar surface area (TPSA) is 78.9 Å². The molecule has 0 radical (unpaired) electrons. The minimum Gasteiger partial charge on any atom is -0.462 e. The average Bonchev–Trinajstić information content (AvgIpc) is 3.49. The minimum atomic E-state index is -0.796. The van der Waals surface area contributed by atoms with Crippen LogP contribution in [0.25, 0.3) is 0 Å². The molecule has 0 aliphatic rings. The molecule has 0 aromatic heterocycles. The predicted molar refractivity (Wildman–Crippen MR) is 362 cm³/mol. The molecule has 6 nitrogen and oxygen atoms in total. The number of allylic oxidation sites excluding steroid dienone is 20. The van der Waals surface area contributed by atoms with E-state index in [-0.39, 0.29) is 31.1 Å². The van der Waals surface area contributed by atoms with Crippen molar-refractivity contribution in [3.8, 4) is 0 Å². The molecule has 0 aliphatic carbocycles. The van der Waals surface area contributed by atoms with Crippen molar-refractivity contribution < 1.29 is 28.6 Å². The van der Waals surface area contributed by atoms with Crippen LogP contribution in [0.15, 0.2) is 122 Å². The van der Waals surface area contributed by atoms with Gasteiger partial charge in [0, 0.05) is 19.3 Å². The number of esters is 3. The molecular formula is C77H130O6. The fourth-order valence-corrected chi connectivity index (χ4v) is 9.73. The number of carbonyl (C=O) groups is 3. The van der Waals surface area contributed by atoms with Gasteiger partial charge >= 0.3 is 17.9 Å². The average molecular weight is 1150 g/mol. The Morgan fingerprint density at radius 2 is 0.470 bits per heavy atom. The summed E-state index contributed by atoms with van der Waals surface area (Å²) in [6, 6.07) is 0. The van der Waals surface area contributed by atoms with Crippen molar-refractivity contribution in [2.75, 3.05) is 13.2 Å². The molecule has 0 saturated heterocycles. The molecule has 0 saturated carbocycles. The van der Waals surface area contributed by atoms with Gasteiger partial charge in [-0.1, -0.05) is 316 Å². The normalized spacial score (nSPS) is 12.9. The molecule has 1 atom stereocenters. The van der Waals surface area contributed by atoms with E-state index in [1.165, 1.54) is 167 Å². The van der Waals surface area contributed by atoms with E-state index in [0.717, 1.165) is 122 Å². The standard InChI is InChI=1S/C77H130O6/c1-4-7-10-13-16-19-22-25-28-30-32-33-34-35-36-37-38-39-40-41-42-43-45-46-49-52-55-58-61-64-67-70-76(79)82-73-74(72-81-75(78)69-66-63-60-57-54-51-48-27-24-21-18-15-12-9-6-3)83-77(80)71-68-65-62-59-56-53-50-47-44-31-29-26-23-20-17-14-11-8-5-2/h7,10,16,19,25-26,28-29,32-33,35-36,38-39,41-42,45-46,52,55,74H,4-6,8-9,11-15,17-18,20-24,27,30-31,34,37,40,43-44,47-51,53-54,56-73H2,1-3H3/b10-7-,19-16-,28-25-,29-26-,33-32-,36-35-,39-38-,42-41-,46-45-,55-52-. The van der Waals surface area contributed by atoms with E-state index < -0.39 is 6.10 Å².